The highest BCUT2D eigenvalue weighted by atomic mass is 14.3. The number of rotatable bonds is 6. The maximum atomic E-state index is 2.36. The van der Waals surface area contributed by atoms with E-state index in [2.05, 4.69) is 118 Å². The van der Waals surface area contributed by atoms with E-state index in [4.69, 9.17) is 0 Å². The molecule has 4 saturated carbocycles. The van der Waals surface area contributed by atoms with Crippen molar-refractivity contribution < 1.29 is 0 Å². The van der Waals surface area contributed by atoms with Crippen LogP contribution in [0.4, 0.5) is 0 Å². The lowest BCUT2D eigenvalue weighted by Gasteiger charge is -2.28. The minimum Gasteiger partial charge on any atom is -0.0651 e. The lowest BCUT2D eigenvalue weighted by atomic mass is 9.78. The molecule has 1 atom stereocenters. The van der Waals surface area contributed by atoms with Crippen molar-refractivity contribution in [2.45, 2.75) is 214 Å². The summed E-state index contributed by atoms with van der Waals surface area (Å²) in [5.41, 5.74) is 0.500. The topological polar surface area (TPSA) is 0 Å². The van der Waals surface area contributed by atoms with Gasteiger partial charge in [-0.05, 0) is 83.4 Å². The Hall–Kier alpha value is 0. The summed E-state index contributed by atoms with van der Waals surface area (Å²) in [6.07, 6.45) is 22.2. The molecule has 0 amide bonds. The molecule has 44 heavy (non-hydrogen) atoms. The van der Waals surface area contributed by atoms with Gasteiger partial charge in [-0.25, -0.2) is 0 Å². The zero-order valence-corrected chi connectivity index (χ0v) is 34.5. The van der Waals surface area contributed by atoms with Crippen molar-refractivity contribution in [3.8, 4) is 0 Å². The average Bonchev–Trinajstić information content (AvgIpc) is 3.62. The highest BCUT2D eigenvalue weighted by Crippen LogP contribution is 2.36. The predicted octanol–water partition coefficient (Wildman–Crippen LogP) is 15.9. The minimum absolute atomic E-state index is 0.500. The molecule has 268 valence electrons. The smallest absolute Gasteiger partial charge is 0.0360 e. The fourth-order valence-electron chi connectivity index (χ4n) is 5.77. The van der Waals surface area contributed by atoms with Crippen molar-refractivity contribution in [1.82, 2.24) is 0 Å². The molecule has 0 heteroatoms. The largest absolute Gasteiger partial charge is 0.0651 e. The first-order chi connectivity index (χ1) is 20.3. The van der Waals surface area contributed by atoms with E-state index in [0.717, 1.165) is 65.1 Å². The second-order valence-corrected chi connectivity index (χ2v) is 18.6. The zero-order valence-electron chi connectivity index (χ0n) is 34.5. The molecule has 0 radical (unpaired) electrons. The van der Waals surface area contributed by atoms with Crippen molar-refractivity contribution in [3.63, 3.8) is 0 Å². The van der Waals surface area contributed by atoms with Gasteiger partial charge in [0, 0.05) is 0 Å². The van der Waals surface area contributed by atoms with E-state index in [1.165, 1.54) is 96.3 Å². The Bertz CT molecular complexity index is 571. The fourth-order valence-corrected chi connectivity index (χ4v) is 5.77. The summed E-state index contributed by atoms with van der Waals surface area (Å²) in [7, 11) is 0. The third-order valence-electron chi connectivity index (χ3n) is 12.1. The molecule has 0 saturated heterocycles. The van der Waals surface area contributed by atoms with Crippen molar-refractivity contribution in [1.29, 1.82) is 0 Å². The monoisotopic (exact) mass is 621 g/mol. The van der Waals surface area contributed by atoms with Gasteiger partial charge in [-0.2, -0.15) is 0 Å². The summed E-state index contributed by atoms with van der Waals surface area (Å²) in [4.78, 5) is 0. The van der Waals surface area contributed by atoms with Gasteiger partial charge < -0.3 is 0 Å². The van der Waals surface area contributed by atoms with Crippen LogP contribution in [0.2, 0.25) is 0 Å². The van der Waals surface area contributed by atoms with Crippen LogP contribution in [-0.2, 0) is 0 Å². The normalized spacial score (nSPS) is 20.0. The second kappa shape index (κ2) is 26.0. The molecule has 1 unspecified atom stereocenters. The quantitative estimate of drug-likeness (QED) is 0.277. The zero-order chi connectivity index (χ0) is 34.5. The molecule has 0 spiro atoms. The molecular formula is C44H92. The molecule has 0 nitrogen and oxygen atoms in total. The molecule has 0 aromatic heterocycles. The summed E-state index contributed by atoms with van der Waals surface area (Å²) in [6, 6.07) is 0. The summed E-state index contributed by atoms with van der Waals surface area (Å²) in [6.45, 7) is 39.0. The lowest BCUT2D eigenvalue weighted by molar-refractivity contribution is 0.235. The van der Waals surface area contributed by atoms with Gasteiger partial charge >= 0.3 is 0 Å². The van der Waals surface area contributed by atoms with Gasteiger partial charge in [-0.3, -0.25) is 0 Å². The van der Waals surface area contributed by atoms with Crippen molar-refractivity contribution in [2.75, 3.05) is 0 Å². The minimum atomic E-state index is 0.500. The van der Waals surface area contributed by atoms with Crippen LogP contribution in [0.25, 0.3) is 0 Å². The van der Waals surface area contributed by atoms with Gasteiger partial charge in [-0.1, -0.05) is 201 Å². The third-order valence-corrected chi connectivity index (χ3v) is 12.1. The van der Waals surface area contributed by atoms with E-state index in [-0.39, 0.29) is 0 Å². The van der Waals surface area contributed by atoms with Crippen molar-refractivity contribution >= 4 is 0 Å². The maximum absolute atomic E-state index is 2.36. The van der Waals surface area contributed by atoms with E-state index in [0.29, 0.717) is 5.41 Å². The van der Waals surface area contributed by atoms with E-state index in [1.54, 1.807) is 0 Å². The van der Waals surface area contributed by atoms with Gasteiger partial charge in [0.05, 0.1) is 0 Å². The molecule has 0 aromatic rings. The first kappa shape index (κ1) is 46.1. The van der Waals surface area contributed by atoms with E-state index < -0.39 is 0 Å². The molecule has 4 aliphatic carbocycles. The van der Waals surface area contributed by atoms with Gasteiger partial charge in [0.2, 0.25) is 0 Å². The molecule has 0 aromatic carbocycles. The van der Waals surface area contributed by atoms with Crippen LogP contribution in [-0.4, -0.2) is 0 Å². The Morgan fingerprint density at radius 3 is 0.750 bits per heavy atom. The summed E-state index contributed by atoms with van der Waals surface area (Å²) in [5, 5.41) is 0. The Labute approximate surface area is 283 Å². The van der Waals surface area contributed by atoms with Gasteiger partial charge in [0.15, 0.2) is 0 Å². The Morgan fingerprint density at radius 1 is 0.409 bits per heavy atom. The van der Waals surface area contributed by atoms with Crippen molar-refractivity contribution in [2.24, 2.45) is 70.5 Å². The van der Waals surface area contributed by atoms with Crippen LogP contribution in [0.1, 0.15) is 214 Å². The average molecular weight is 621 g/mol. The van der Waals surface area contributed by atoms with Crippen LogP contribution in [0, 0.1) is 70.5 Å². The van der Waals surface area contributed by atoms with Crippen LogP contribution in [0.15, 0.2) is 0 Å². The fraction of sp³-hybridized carbons (Fsp3) is 1.00. The highest BCUT2D eigenvalue weighted by Gasteiger charge is 2.24. The highest BCUT2D eigenvalue weighted by molar-refractivity contribution is 4.75. The van der Waals surface area contributed by atoms with Gasteiger partial charge in [-0.15, -0.1) is 0 Å². The summed E-state index contributed by atoms with van der Waals surface area (Å²) < 4.78 is 0. The van der Waals surface area contributed by atoms with E-state index in [1.807, 2.05) is 0 Å². The van der Waals surface area contributed by atoms with Crippen LogP contribution in [0.3, 0.4) is 0 Å². The summed E-state index contributed by atoms with van der Waals surface area (Å²) >= 11 is 0. The van der Waals surface area contributed by atoms with E-state index >= 15 is 0 Å². The maximum Gasteiger partial charge on any atom is -0.0360 e. The molecule has 4 fully saturated rings. The van der Waals surface area contributed by atoms with E-state index in [9.17, 15) is 0 Å². The summed E-state index contributed by atoms with van der Waals surface area (Å²) in [5.74, 6) is 10.7. The first-order valence-corrected chi connectivity index (χ1v) is 20.3. The third kappa shape index (κ3) is 26.1. The molecular weight excluding hydrogens is 528 g/mol. The Kier molecular flexibility index (Phi) is 27.3. The number of hydrogen-bond donors (Lipinski definition) is 0. The SMILES string of the molecule is CC(C)C(C)(C)C.CC(C)C1CC1.CC(C)C1CCC1.CC(C)C1CCCC1.CC(C)C1CCCCC1.CCC(C)C(C)C. The lowest BCUT2D eigenvalue weighted by Crippen LogP contribution is -2.16. The molecule has 0 aliphatic heterocycles. The predicted molar refractivity (Wildman–Crippen MR) is 207 cm³/mol. The molecule has 0 heterocycles. The molecule has 4 aliphatic rings. The first-order valence-electron chi connectivity index (χ1n) is 20.3. The molecule has 0 bridgehead atoms. The van der Waals surface area contributed by atoms with Crippen LogP contribution < -0.4 is 0 Å². The van der Waals surface area contributed by atoms with Gasteiger partial charge in [0.25, 0.3) is 0 Å². The van der Waals surface area contributed by atoms with Crippen LogP contribution >= 0.6 is 0 Å². The van der Waals surface area contributed by atoms with Gasteiger partial charge in [0.1, 0.15) is 0 Å². The van der Waals surface area contributed by atoms with Crippen molar-refractivity contribution in [3.05, 3.63) is 0 Å². The second-order valence-electron chi connectivity index (χ2n) is 18.6. The van der Waals surface area contributed by atoms with Crippen LogP contribution in [0.5, 0.6) is 0 Å². The Balaban J connectivity index is 0. The number of hydrogen-bond acceptors (Lipinski definition) is 0. The molecule has 0 N–H and O–H groups in total. The molecule has 4 rings (SSSR count). The Morgan fingerprint density at radius 2 is 0.659 bits per heavy atom. The standard InChI is InChI=1S/C9H18.C8H16.C7H14.2C7H16.C6H12/c1-8(2)9-6-4-3-5-7-9;1-7(2)8-5-3-4-6-8;1-6(2)7-4-3-5-7;1-6(2)7(3,4)5;1-5-7(4)6(2)3;1-5(2)6-3-4-6/h8-9H,3-7H2,1-2H3;7-8H,3-6H2,1-2H3;6-7H,3-5H2,1-2H3;6H,1-5H3;6-7H,5H2,1-4H3;5-6H,3-4H2,1-2H3.